The predicted molar refractivity (Wildman–Crippen MR) is 52.3 cm³/mol. The SMILES string of the molecule is CCC(C)N1C2CCCC1CC2. The van der Waals surface area contributed by atoms with Gasteiger partial charge in [0.25, 0.3) is 0 Å². The minimum absolute atomic E-state index is 0.836. The van der Waals surface area contributed by atoms with Gasteiger partial charge in [-0.2, -0.15) is 0 Å². The Kier molecular flexibility index (Phi) is 2.40. The van der Waals surface area contributed by atoms with Gasteiger partial charge in [0.15, 0.2) is 0 Å². The average molecular weight is 167 g/mol. The maximum atomic E-state index is 2.81. The van der Waals surface area contributed by atoms with Crippen molar-refractivity contribution in [3.05, 3.63) is 0 Å². The first kappa shape index (κ1) is 8.55. The molecule has 0 aromatic heterocycles. The molecule has 2 heterocycles. The molecule has 2 saturated heterocycles. The van der Waals surface area contributed by atoms with Crippen LogP contribution in [0.15, 0.2) is 0 Å². The Morgan fingerprint density at radius 2 is 1.75 bits per heavy atom. The van der Waals surface area contributed by atoms with Crippen LogP contribution in [-0.2, 0) is 0 Å². The van der Waals surface area contributed by atoms with Crippen molar-refractivity contribution in [2.75, 3.05) is 0 Å². The van der Waals surface area contributed by atoms with Crippen LogP contribution in [0.3, 0.4) is 0 Å². The zero-order chi connectivity index (χ0) is 8.55. The van der Waals surface area contributed by atoms with Gasteiger partial charge in [0.05, 0.1) is 0 Å². The third-order valence-electron chi connectivity index (χ3n) is 3.85. The van der Waals surface area contributed by atoms with E-state index in [-0.39, 0.29) is 0 Å². The molecule has 1 nitrogen and oxygen atoms in total. The number of nitrogens with zero attached hydrogens (tertiary/aromatic N) is 1. The third-order valence-corrected chi connectivity index (χ3v) is 3.85. The van der Waals surface area contributed by atoms with E-state index in [1.807, 2.05) is 0 Å². The molecular formula is C11H21N. The summed E-state index contributed by atoms with van der Waals surface area (Å²) in [6, 6.07) is 2.75. The van der Waals surface area contributed by atoms with Crippen molar-refractivity contribution < 1.29 is 0 Å². The number of fused-ring (bicyclic) bond motifs is 2. The molecule has 2 rings (SSSR count). The van der Waals surface area contributed by atoms with Crippen LogP contribution < -0.4 is 0 Å². The molecular weight excluding hydrogens is 146 g/mol. The molecule has 2 fully saturated rings. The summed E-state index contributed by atoms with van der Waals surface area (Å²) >= 11 is 0. The molecule has 2 aliphatic rings. The topological polar surface area (TPSA) is 3.24 Å². The summed E-state index contributed by atoms with van der Waals surface area (Å²) in [7, 11) is 0. The Morgan fingerprint density at radius 3 is 2.25 bits per heavy atom. The maximum absolute atomic E-state index is 2.81. The van der Waals surface area contributed by atoms with Gasteiger partial charge in [-0.05, 0) is 39.0 Å². The van der Waals surface area contributed by atoms with Gasteiger partial charge in [0.1, 0.15) is 0 Å². The molecule has 0 aromatic rings. The highest BCUT2D eigenvalue weighted by molar-refractivity contribution is 4.93. The summed E-state index contributed by atoms with van der Waals surface area (Å²) in [5.41, 5.74) is 0. The minimum Gasteiger partial charge on any atom is -0.295 e. The second-order valence-corrected chi connectivity index (χ2v) is 4.52. The molecule has 0 N–H and O–H groups in total. The van der Waals surface area contributed by atoms with Gasteiger partial charge in [-0.25, -0.2) is 0 Å². The molecule has 0 amide bonds. The molecule has 12 heavy (non-hydrogen) atoms. The molecule has 70 valence electrons. The second kappa shape index (κ2) is 3.37. The molecule has 1 heteroatoms. The van der Waals surface area contributed by atoms with Crippen LogP contribution in [0, 0.1) is 0 Å². The van der Waals surface area contributed by atoms with Crippen LogP contribution in [0.4, 0.5) is 0 Å². The summed E-state index contributed by atoms with van der Waals surface area (Å²) in [6.07, 6.45) is 8.72. The lowest BCUT2D eigenvalue weighted by Crippen LogP contribution is -2.45. The van der Waals surface area contributed by atoms with Crippen LogP contribution in [0.2, 0.25) is 0 Å². The first-order chi connectivity index (χ1) is 5.83. The quantitative estimate of drug-likeness (QED) is 0.611. The highest BCUT2D eigenvalue weighted by Crippen LogP contribution is 2.37. The Balaban J connectivity index is 2.05. The van der Waals surface area contributed by atoms with E-state index in [0.29, 0.717) is 0 Å². The molecule has 2 bridgehead atoms. The summed E-state index contributed by atoms with van der Waals surface area (Å²) in [4.78, 5) is 2.81. The first-order valence-corrected chi connectivity index (χ1v) is 5.60. The minimum atomic E-state index is 0.836. The van der Waals surface area contributed by atoms with E-state index < -0.39 is 0 Å². The van der Waals surface area contributed by atoms with E-state index in [0.717, 1.165) is 18.1 Å². The third kappa shape index (κ3) is 1.28. The number of hydrogen-bond donors (Lipinski definition) is 0. The zero-order valence-corrected chi connectivity index (χ0v) is 8.42. The van der Waals surface area contributed by atoms with E-state index in [4.69, 9.17) is 0 Å². The van der Waals surface area contributed by atoms with Gasteiger partial charge in [0, 0.05) is 18.1 Å². The number of rotatable bonds is 2. The lowest BCUT2D eigenvalue weighted by atomic mass is 10.00. The van der Waals surface area contributed by atoms with Crippen LogP contribution in [0.25, 0.3) is 0 Å². The van der Waals surface area contributed by atoms with Crippen molar-refractivity contribution in [1.29, 1.82) is 0 Å². The zero-order valence-electron chi connectivity index (χ0n) is 8.42. The Morgan fingerprint density at radius 1 is 1.17 bits per heavy atom. The number of piperidine rings is 1. The highest BCUT2D eigenvalue weighted by Gasteiger charge is 2.38. The van der Waals surface area contributed by atoms with Gasteiger partial charge in [0.2, 0.25) is 0 Å². The largest absolute Gasteiger partial charge is 0.295 e. The van der Waals surface area contributed by atoms with Crippen molar-refractivity contribution in [3.8, 4) is 0 Å². The highest BCUT2D eigenvalue weighted by atomic mass is 15.2. The van der Waals surface area contributed by atoms with E-state index >= 15 is 0 Å². The molecule has 0 saturated carbocycles. The molecule has 3 unspecified atom stereocenters. The fourth-order valence-electron chi connectivity index (χ4n) is 3.09. The predicted octanol–water partition coefficient (Wildman–Crippen LogP) is 2.80. The van der Waals surface area contributed by atoms with Gasteiger partial charge in [-0.1, -0.05) is 13.3 Å². The second-order valence-electron chi connectivity index (χ2n) is 4.52. The van der Waals surface area contributed by atoms with Crippen molar-refractivity contribution in [3.63, 3.8) is 0 Å². The smallest absolute Gasteiger partial charge is 0.0102 e. The van der Waals surface area contributed by atoms with E-state index in [1.165, 1.54) is 38.5 Å². The van der Waals surface area contributed by atoms with E-state index in [1.54, 1.807) is 0 Å². The molecule has 3 atom stereocenters. The summed E-state index contributed by atoms with van der Waals surface area (Å²) in [6.45, 7) is 4.72. The molecule has 0 radical (unpaired) electrons. The molecule has 0 aliphatic carbocycles. The Hall–Kier alpha value is -0.0400. The molecule has 0 spiro atoms. The Bertz CT molecular complexity index is 139. The molecule has 0 aromatic carbocycles. The summed E-state index contributed by atoms with van der Waals surface area (Å²) < 4.78 is 0. The monoisotopic (exact) mass is 167 g/mol. The number of hydrogen-bond acceptors (Lipinski definition) is 1. The van der Waals surface area contributed by atoms with Crippen LogP contribution in [-0.4, -0.2) is 23.0 Å². The lowest BCUT2D eigenvalue weighted by Gasteiger charge is -2.39. The molecule has 2 aliphatic heterocycles. The summed E-state index contributed by atoms with van der Waals surface area (Å²) in [5.74, 6) is 0. The van der Waals surface area contributed by atoms with Crippen LogP contribution in [0.5, 0.6) is 0 Å². The van der Waals surface area contributed by atoms with Crippen molar-refractivity contribution in [1.82, 2.24) is 4.90 Å². The Labute approximate surface area is 76.1 Å². The lowest BCUT2D eigenvalue weighted by molar-refractivity contribution is 0.0931. The standard InChI is InChI=1S/C11H21N/c1-3-9(2)12-10-5-4-6-11(12)8-7-10/h9-11H,3-8H2,1-2H3. The van der Waals surface area contributed by atoms with Crippen LogP contribution in [0.1, 0.15) is 52.4 Å². The normalized spacial score (nSPS) is 38.5. The van der Waals surface area contributed by atoms with E-state index in [2.05, 4.69) is 18.7 Å². The van der Waals surface area contributed by atoms with Gasteiger partial charge in [-0.3, -0.25) is 4.90 Å². The fourth-order valence-corrected chi connectivity index (χ4v) is 3.09. The van der Waals surface area contributed by atoms with E-state index in [9.17, 15) is 0 Å². The average Bonchev–Trinajstić information content (AvgIpc) is 2.35. The first-order valence-electron chi connectivity index (χ1n) is 5.60. The maximum Gasteiger partial charge on any atom is 0.0102 e. The van der Waals surface area contributed by atoms with Gasteiger partial charge < -0.3 is 0 Å². The van der Waals surface area contributed by atoms with Gasteiger partial charge >= 0.3 is 0 Å². The van der Waals surface area contributed by atoms with Crippen molar-refractivity contribution >= 4 is 0 Å². The van der Waals surface area contributed by atoms with Gasteiger partial charge in [-0.15, -0.1) is 0 Å². The summed E-state index contributed by atoms with van der Waals surface area (Å²) in [5, 5.41) is 0. The van der Waals surface area contributed by atoms with Crippen LogP contribution >= 0.6 is 0 Å². The fraction of sp³-hybridized carbons (Fsp3) is 1.00. The van der Waals surface area contributed by atoms with Crippen molar-refractivity contribution in [2.45, 2.75) is 70.5 Å². The van der Waals surface area contributed by atoms with Crippen molar-refractivity contribution in [2.24, 2.45) is 0 Å².